The molecule has 5 aromatic rings. The third-order valence-electron chi connectivity index (χ3n) is 6.21. The number of benzene rings is 3. The second kappa shape index (κ2) is 9.85. The van der Waals surface area contributed by atoms with Crippen LogP contribution in [-0.4, -0.2) is 36.0 Å². The second-order valence-electron chi connectivity index (χ2n) is 8.57. The maximum Gasteiger partial charge on any atom is 0.353 e. The number of anilines is 1. The van der Waals surface area contributed by atoms with Crippen molar-refractivity contribution in [3.05, 3.63) is 77.5 Å². The molecule has 0 saturated carbocycles. The second-order valence-corrected chi connectivity index (χ2v) is 9.10. The first kappa shape index (κ1) is 23.0. The van der Waals surface area contributed by atoms with Gasteiger partial charge in [0.15, 0.2) is 0 Å². The van der Waals surface area contributed by atoms with Gasteiger partial charge in [-0.1, -0.05) is 43.7 Å². The van der Waals surface area contributed by atoms with Gasteiger partial charge in [0.05, 0.1) is 18.3 Å². The van der Waals surface area contributed by atoms with Gasteiger partial charge in [0.25, 0.3) is 0 Å². The Labute approximate surface area is 207 Å². The van der Waals surface area contributed by atoms with Gasteiger partial charge >= 0.3 is 5.97 Å². The zero-order chi connectivity index (χ0) is 24.4. The molecule has 2 aromatic heterocycles. The van der Waals surface area contributed by atoms with E-state index in [1.165, 1.54) is 11.7 Å². The molecular weight excluding hydrogens is 460 g/mol. The summed E-state index contributed by atoms with van der Waals surface area (Å²) < 4.78 is 10.5. The van der Waals surface area contributed by atoms with Crippen LogP contribution in [0, 0.1) is 0 Å². The lowest BCUT2D eigenvalue weighted by atomic mass is 10.00. The predicted molar refractivity (Wildman–Crippen MR) is 140 cm³/mol. The van der Waals surface area contributed by atoms with Crippen LogP contribution in [0.2, 0.25) is 0 Å². The van der Waals surface area contributed by atoms with Crippen LogP contribution in [0.25, 0.3) is 33.1 Å². The Bertz CT molecular complexity index is 1500. The van der Waals surface area contributed by atoms with E-state index in [2.05, 4.69) is 21.0 Å². The zero-order valence-electron chi connectivity index (χ0n) is 19.4. The fraction of sp³-hybridized carbons (Fsp3) is 0.222. The molecule has 3 aromatic carbocycles. The van der Waals surface area contributed by atoms with E-state index in [0.29, 0.717) is 12.1 Å². The molecule has 0 aliphatic heterocycles. The van der Waals surface area contributed by atoms with Gasteiger partial charge in [0.1, 0.15) is 16.7 Å². The number of carbonyl (C=O) groups is 1. The van der Waals surface area contributed by atoms with Crippen molar-refractivity contribution in [1.82, 2.24) is 13.3 Å². The van der Waals surface area contributed by atoms with Gasteiger partial charge in [-0.2, -0.15) is 8.75 Å². The van der Waals surface area contributed by atoms with Gasteiger partial charge in [-0.15, -0.1) is 0 Å². The van der Waals surface area contributed by atoms with E-state index in [9.17, 15) is 15.0 Å². The number of unbranched alkanes of at least 4 members (excludes halogenated alkanes) is 1. The Balaban J connectivity index is 1.69. The molecule has 3 N–H and O–H groups in total. The minimum Gasteiger partial charge on any atom is -0.477 e. The highest BCUT2D eigenvalue weighted by molar-refractivity contribution is 7.00. The number of carboxylic acids is 1. The molecule has 2 heterocycles. The molecule has 0 radical (unpaired) electrons. The van der Waals surface area contributed by atoms with Gasteiger partial charge in [-0.05, 0) is 53.4 Å². The van der Waals surface area contributed by atoms with Gasteiger partial charge in [-0.25, -0.2) is 4.79 Å². The molecule has 0 spiro atoms. The molecule has 0 saturated heterocycles. The minimum atomic E-state index is -0.987. The number of aliphatic hydroxyl groups is 1. The number of aromatic nitrogens is 3. The van der Waals surface area contributed by atoms with Gasteiger partial charge in [0.2, 0.25) is 0 Å². The summed E-state index contributed by atoms with van der Waals surface area (Å²) in [4.78, 5) is 12.7. The molecule has 0 aliphatic carbocycles. The Morgan fingerprint density at radius 3 is 2.51 bits per heavy atom. The maximum absolute atomic E-state index is 12.7. The molecular formula is C27H26N4O3S. The first-order chi connectivity index (χ1) is 17.1. The highest BCUT2D eigenvalue weighted by Gasteiger charge is 2.24. The van der Waals surface area contributed by atoms with Crippen molar-refractivity contribution in [1.29, 1.82) is 0 Å². The summed E-state index contributed by atoms with van der Waals surface area (Å²) in [6, 6.07) is 19.3. The Kier molecular flexibility index (Phi) is 6.48. The fourth-order valence-corrected chi connectivity index (χ4v) is 4.96. The Hall–Kier alpha value is -3.75. The number of aliphatic hydroxyl groups excluding tert-OH is 1. The number of fused-ring (bicyclic) bond motifs is 2. The van der Waals surface area contributed by atoms with Gasteiger partial charge in [-0.3, -0.25) is 0 Å². The molecule has 8 heteroatoms. The Morgan fingerprint density at radius 1 is 1.00 bits per heavy atom. The van der Waals surface area contributed by atoms with Crippen LogP contribution < -0.4 is 5.32 Å². The van der Waals surface area contributed by atoms with Crippen molar-refractivity contribution in [3.63, 3.8) is 0 Å². The van der Waals surface area contributed by atoms with Gasteiger partial charge in [0, 0.05) is 35.2 Å². The molecule has 0 bridgehead atoms. The lowest BCUT2D eigenvalue weighted by Crippen LogP contribution is -2.10. The number of nitrogens with one attached hydrogen (secondary N) is 1. The Morgan fingerprint density at radius 2 is 1.77 bits per heavy atom. The summed E-state index contributed by atoms with van der Waals surface area (Å²) in [6.07, 6.45) is 2.15. The number of hydrogen-bond acceptors (Lipinski definition) is 6. The fourth-order valence-electron chi connectivity index (χ4n) is 4.44. The summed E-state index contributed by atoms with van der Waals surface area (Å²) in [5.74, 6) is -0.987. The first-order valence-electron chi connectivity index (χ1n) is 11.6. The van der Waals surface area contributed by atoms with E-state index < -0.39 is 5.97 Å². The standard InChI is InChI=1S/C27H26N4O3S/c1-2-3-12-28-20-9-11-24-21(14-20)25(19-7-4-17(16-32)5-8-19)26(27(33)34)31(24)15-18-6-10-22-23(13-18)30-35-29-22/h4-11,13-14,28,32H,2-3,12,15-16H2,1H3,(H,33,34). The van der Waals surface area contributed by atoms with E-state index in [4.69, 9.17) is 0 Å². The minimum absolute atomic E-state index is 0.0622. The summed E-state index contributed by atoms with van der Waals surface area (Å²) in [5, 5.41) is 24.2. The van der Waals surface area contributed by atoms with Crippen LogP contribution in [0.1, 0.15) is 41.4 Å². The number of hydrogen-bond donors (Lipinski definition) is 3. The smallest absolute Gasteiger partial charge is 0.353 e. The monoisotopic (exact) mass is 486 g/mol. The summed E-state index contributed by atoms with van der Waals surface area (Å²) in [7, 11) is 0. The quantitative estimate of drug-likeness (QED) is 0.229. The van der Waals surface area contributed by atoms with E-state index in [-0.39, 0.29) is 12.3 Å². The molecule has 0 unspecified atom stereocenters. The zero-order valence-corrected chi connectivity index (χ0v) is 20.2. The van der Waals surface area contributed by atoms with Crippen LogP contribution in [0.4, 0.5) is 5.69 Å². The molecule has 0 atom stereocenters. The maximum atomic E-state index is 12.7. The number of carboxylic acid groups (broad SMARTS) is 1. The highest BCUT2D eigenvalue weighted by atomic mass is 32.1. The molecule has 0 aliphatic rings. The third-order valence-corrected chi connectivity index (χ3v) is 6.77. The summed E-state index contributed by atoms with van der Waals surface area (Å²) >= 11 is 1.17. The van der Waals surface area contributed by atoms with Crippen molar-refractivity contribution >= 4 is 45.3 Å². The van der Waals surface area contributed by atoms with Crippen LogP contribution in [0.3, 0.4) is 0 Å². The average Bonchev–Trinajstić information content (AvgIpc) is 3.46. The van der Waals surface area contributed by atoms with E-state index in [1.54, 1.807) is 0 Å². The normalized spacial score (nSPS) is 11.4. The third kappa shape index (κ3) is 4.50. The van der Waals surface area contributed by atoms with Crippen LogP contribution in [0.15, 0.2) is 60.7 Å². The number of aromatic carboxylic acids is 1. The SMILES string of the molecule is CCCCNc1ccc2c(c1)c(-c1ccc(CO)cc1)c(C(=O)O)n2Cc1ccc2nsnc2c1. The van der Waals surface area contributed by atoms with Gasteiger partial charge < -0.3 is 20.1 Å². The van der Waals surface area contributed by atoms with Crippen molar-refractivity contribution < 1.29 is 15.0 Å². The van der Waals surface area contributed by atoms with E-state index >= 15 is 0 Å². The molecule has 35 heavy (non-hydrogen) atoms. The van der Waals surface area contributed by atoms with Crippen LogP contribution in [0.5, 0.6) is 0 Å². The van der Waals surface area contributed by atoms with Crippen molar-refractivity contribution in [2.45, 2.75) is 32.9 Å². The number of rotatable bonds is 9. The summed E-state index contributed by atoms with van der Waals surface area (Å²) in [6.45, 7) is 3.34. The van der Waals surface area contributed by atoms with Crippen molar-refractivity contribution in [3.8, 4) is 11.1 Å². The van der Waals surface area contributed by atoms with Crippen LogP contribution >= 0.6 is 11.7 Å². The average molecular weight is 487 g/mol. The van der Waals surface area contributed by atoms with Crippen molar-refractivity contribution in [2.75, 3.05) is 11.9 Å². The molecule has 0 amide bonds. The predicted octanol–water partition coefficient (Wildman–Crippen LogP) is 5.76. The summed E-state index contributed by atoms with van der Waals surface area (Å²) in [5.41, 5.74) is 6.90. The molecule has 0 fully saturated rings. The largest absolute Gasteiger partial charge is 0.477 e. The topological polar surface area (TPSA) is 100 Å². The number of nitrogens with zero attached hydrogens (tertiary/aromatic N) is 3. The molecule has 178 valence electrons. The first-order valence-corrected chi connectivity index (χ1v) is 12.4. The van der Waals surface area contributed by atoms with E-state index in [0.717, 1.165) is 63.7 Å². The van der Waals surface area contributed by atoms with Crippen LogP contribution in [-0.2, 0) is 13.2 Å². The lowest BCUT2D eigenvalue weighted by molar-refractivity contribution is 0.0687. The van der Waals surface area contributed by atoms with Crippen molar-refractivity contribution in [2.24, 2.45) is 0 Å². The molecule has 7 nitrogen and oxygen atoms in total. The molecule has 5 rings (SSSR count). The highest BCUT2D eigenvalue weighted by Crippen LogP contribution is 2.37. The van der Waals surface area contributed by atoms with E-state index in [1.807, 2.05) is 65.2 Å². The lowest BCUT2D eigenvalue weighted by Gasteiger charge is -2.10.